The van der Waals surface area contributed by atoms with Gasteiger partial charge in [-0.3, -0.25) is 4.79 Å². The van der Waals surface area contributed by atoms with Gasteiger partial charge in [-0.05, 0) is 25.1 Å². The van der Waals surface area contributed by atoms with Crippen LogP contribution in [-0.4, -0.2) is 43.2 Å². The molecule has 0 radical (unpaired) electrons. The molecule has 104 valence electrons. The monoisotopic (exact) mass is 264 g/mol. The van der Waals surface area contributed by atoms with Gasteiger partial charge in [0.15, 0.2) is 0 Å². The van der Waals surface area contributed by atoms with E-state index in [1.54, 1.807) is 12.1 Å². The molecule has 1 atom stereocenters. The van der Waals surface area contributed by atoms with Gasteiger partial charge in [-0.1, -0.05) is 0 Å². The molecule has 1 aromatic rings. The fourth-order valence-corrected chi connectivity index (χ4v) is 2.03. The van der Waals surface area contributed by atoms with E-state index in [1.807, 2.05) is 17.9 Å². The molecule has 6 nitrogen and oxygen atoms in total. The molecule has 0 aliphatic carbocycles. The quantitative estimate of drug-likeness (QED) is 0.692. The molecule has 0 bridgehead atoms. The van der Waals surface area contributed by atoms with E-state index in [0.29, 0.717) is 37.7 Å². The molecular weight excluding hydrogens is 244 g/mol. The van der Waals surface area contributed by atoms with Crippen molar-refractivity contribution in [3.63, 3.8) is 0 Å². The lowest BCUT2D eigenvalue weighted by Gasteiger charge is -2.29. The Hall–Kier alpha value is -1.95. The summed E-state index contributed by atoms with van der Waals surface area (Å²) in [6, 6.07) is 4.97. The Morgan fingerprint density at radius 1 is 1.32 bits per heavy atom. The first kappa shape index (κ1) is 13.5. The largest absolute Gasteiger partial charge is 0.397 e. The van der Waals surface area contributed by atoms with Crippen molar-refractivity contribution in [3.05, 3.63) is 18.2 Å². The van der Waals surface area contributed by atoms with Crippen LogP contribution in [0.15, 0.2) is 18.2 Å². The summed E-state index contributed by atoms with van der Waals surface area (Å²) < 4.78 is 5.23. The lowest BCUT2D eigenvalue weighted by atomic mass is 10.2. The van der Waals surface area contributed by atoms with Gasteiger partial charge < -0.3 is 26.4 Å². The smallest absolute Gasteiger partial charge is 0.244 e. The molecule has 1 amide bonds. The highest BCUT2D eigenvalue weighted by Gasteiger charge is 2.22. The van der Waals surface area contributed by atoms with Crippen LogP contribution in [0.25, 0.3) is 0 Å². The van der Waals surface area contributed by atoms with Gasteiger partial charge in [0.2, 0.25) is 5.91 Å². The zero-order valence-electron chi connectivity index (χ0n) is 11.1. The number of nitrogens with two attached hydrogens (primary N) is 2. The molecule has 5 N–H and O–H groups in total. The Labute approximate surface area is 112 Å². The molecule has 1 aliphatic heterocycles. The number of ether oxygens (including phenoxy) is 1. The van der Waals surface area contributed by atoms with Gasteiger partial charge in [0.1, 0.15) is 6.04 Å². The molecule has 6 heteroatoms. The number of nitrogen functional groups attached to an aromatic ring is 2. The SMILES string of the molecule is CC(Nc1ccc(N)c(N)c1)C(=O)N1CCOCC1. The molecule has 1 unspecified atom stereocenters. The summed E-state index contributed by atoms with van der Waals surface area (Å²) in [5.74, 6) is 0.0682. The number of benzene rings is 1. The van der Waals surface area contributed by atoms with Crippen LogP contribution in [-0.2, 0) is 9.53 Å². The first-order valence-electron chi connectivity index (χ1n) is 6.36. The fourth-order valence-electron chi connectivity index (χ4n) is 2.03. The van der Waals surface area contributed by atoms with Gasteiger partial charge in [-0.15, -0.1) is 0 Å². The molecule has 1 heterocycles. The summed E-state index contributed by atoms with van der Waals surface area (Å²) in [6.07, 6.45) is 0. The maximum atomic E-state index is 12.2. The Bertz CT molecular complexity index is 458. The van der Waals surface area contributed by atoms with Gasteiger partial charge >= 0.3 is 0 Å². The van der Waals surface area contributed by atoms with Crippen LogP contribution >= 0.6 is 0 Å². The summed E-state index contributed by atoms with van der Waals surface area (Å²) in [5, 5.41) is 3.14. The van der Waals surface area contributed by atoms with Gasteiger partial charge in [-0.25, -0.2) is 0 Å². The number of carbonyl (C=O) groups excluding carboxylic acids is 1. The third-order valence-electron chi connectivity index (χ3n) is 3.16. The Balaban J connectivity index is 1.97. The molecule has 1 aromatic carbocycles. The lowest BCUT2D eigenvalue weighted by molar-refractivity contribution is -0.135. The number of hydrogen-bond acceptors (Lipinski definition) is 5. The highest BCUT2D eigenvalue weighted by Crippen LogP contribution is 2.20. The van der Waals surface area contributed by atoms with Crippen LogP contribution in [0.5, 0.6) is 0 Å². The normalized spacial score (nSPS) is 17.0. The van der Waals surface area contributed by atoms with Crippen LogP contribution < -0.4 is 16.8 Å². The minimum atomic E-state index is -0.305. The zero-order chi connectivity index (χ0) is 13.8. The molecule has 1 aliphatic rings. The van der Waals surface area contributed by atoms with Crippen LogP contribution in [0.4, 0.5) is 17.1 Å². The summed E-state index contributed by atoms with van der Waals surface area (Å²) in [4.78, 5) is 14.0. The second kappa shape index (κ2) is 5.79. The second-order valence-electron chi connectivity index (χ2n) is 4.65. The van der Waals surface area contributed by atoms with Crippen molar-refractivity contribution in [1.29, 1.82) is 0 Å². The number of hydrogen-bond donors (Lipinski definition) is 3. The van der Waals surface area contributed by atoms with Gasteiger partial charge in [-0.2, -0.15) is 0 Å². The number of carbonyl (C=O) groups is 1. The van der Waals surface area contributed by atoms with E-state index < -0.39 is 0 Å². The number of anilines is 3. The van der Waals surface area contributed by atoms with E-state index in [-0.39, 0.29) is 11.9 Å². The van der Waals surface area contributed by atoms with Crippen LogP contribution in [0.1, 0.15) is 6.92 Å². The first-order valence-corrected chi connectivity index (χ1v) is 6.36. The molecule has 0 aromatic heterocycles. The van der Waals surface area contributed by atoms with E-state index in [0.717, 1.165) is 5.69 Å². The minimum absolute atomic E-state index is 0.0682. The maximum absolute atomic E-state index is 12.2. The maximum Gasteiger partial charge on any atom is 0.244 e. The molecule has 2 rings (SSSR count). The number of amides is 1. The number of nitrogens with one attached hydrogen (secondary N) is 1. The van der Waals surface area contributed by atoms with Crippen LogP contribution in [0.2, 0.25) is 0 Å². The lowest BCUT2D eigenvalue weighted by Crippen LogP contribution is -2.47. The van der Waals surface area contributed by atoms with E-state index >= 15 is 0 Å². The van der Waals surface area contributed by atoms with E-state index in [2.05, 4.69) is 5.32 Å². The summed E-state index contributed by atoms with van der Waals surface area (Å²) >= 11 is 0. The Morgan fingerprint density at radius 3 is 2.63 bits per heavy atom. The molecule has 19 heavy (non-hydrogen) atoms. The van der Waals surface area contributed by atoms with Gasteiger partial charge in [0.25, 0.3) is 0 Å². The predicted octanol–water partition coefficient (Wildman–Crippen LogP) is 0.510. The molecule has 0 saturated carbocycles. The molecular formula is C13H20N4O2. The van der Waals surface area contributed by atoms with Crippen LogP contribution in [0.3, 0.4) is 0 Å². The molecule has 1 saturated heterocycles. The van der Waals surface area contributed by atoms with Crippen molar-refractivity contribution in [2.45, 2.75) is 13.0 Å². The minimum Gasteiger partial charge on any atom is -0.397 e. The van der Waals surface area contributed by atoms with Gasteiger partial charge in [0.05, 0.1) is 24.6 Å². The Kier molecular flexibility index (Phi) is 4.11. The summed E-state index contributed by atoms with van der Waals surface area (Å²) in [5.41, 5.74) is 13.2. The Morgan fingerprint density at radius 2 is 2.00 bits per heavy atom. The number of rotatable bonds is 3. The second-order valence-corrected chi connectivity index (χ2v) is 4.65. The van der Waals surface area contributed by atoms with Crippen molar-refractivity contribution in [2.24, 2.45) is 0 Å². The van der Waals surface area contributed by atoms with Crippen molar-refractivity contribution < 1.29 is 9.53 Å². The van der Waals surface area contributed by atoms with Crippen molar-refractivity contribution in [3.8, 4) is 0 Å². The third kappa shape index (κ3) is 3.29. The highest BCUT2D eigenvalue weighted by atomic mass is 16.5. The topological polar surface area (TPSA) is 93.6 Å². The summed E-state index contributed by atoms with van der Waals surface area (Å²) in [6.45, 7) is 4.34. The van der Waals surface area contributed by atoms with Crippen molar-refractivity contribution >= 4 is 23.0 Å². The molecule has 1 fully saturated rings. The zero-order valence-corrected chi connectivity index (χ0v) is 11.1. The van der Waals surface area contributed by atoms with Crippen LogP contribution in [0, 0.1) is 0 Å². The van der Waals surface area contributed by atoms with E-state index in [1.165, 1.54) is 0 Å². The number of morpholine rings is 1. The van der Waals surface area contributed by atoms with E-state index in [4.69, 9.17) is 16.2 Å². The third-order valence-corrected chi connectivity index (χ3v) is 3.16. The fraction of sp³-hybridized carbons (Fsp3) is 0.462. The van der Waals surface area contributed by atoms with Gasteiger partial charge in [0, 0.05) is 18.8 Å². The van der Waals surface area contributed by atoms with Crippen molar-refractivity contribution in [1.82, 2.24) is 4.90 Å². The van der Waals surface area contributed by atoms with E-state index in [9.17, 15) is 4.79 Å². The predicted molar refractivity (Wildman–Crippen MR) is 75.8 cm³/mol. The first-order chi connectivity index (χ1) is 9.08. The average molecular weight is 264 g/mol. The summed E-state index contributed by atoms with van der Waals surface area (Å²) in [7, 11) is 0. The van der Waals surface area contributed by atoms with Crippen molar-refractivity contribution in [2.75, 3.05) is 43.1 Å². The average Bonchev–Trinajstić information content (AvgIpc) is 2.43. The standard InChI is InChI=1S/C13H20N4O2/c1-9(13(18)17-4-6-19-7-5-17)16-10-2-3-11(14)12(15)8-10/h2-3,8-9,16H,4-7,14-15H2,1H3. The highest BCUT2D eigenvalue weighted by molar-refractivity contribution is 5.85. The molecule has 0 spiro atoms. The number of nitrogens with zero attached hydrogens (tertiary/aromatic N) is 1.